The number of rotatable bonds is 5. The molecule has 0 saturated carbocycles. The summed E-state index contributed by atoms with van der Waals surface area (Å²) in [5.41, 5.74) is -0.572. The molecule has 30 heavy (non-hydrogen) atoms. The van der Waals surface area contributed by atoms with Crippen LogP contribution in [0, 0.1) is 6.92 Å². The molecule has 3 rings (SSSR count). The number of ether oxygens (including phenoxy) is 1. The second-order valence-corrected chi connectivity index (χ2v) is 8.27. The summed E-state index contributed by atoms with van der Waals surface area (Å²) in [5, 5.41) is 48.6. The molecule has 1 unspecified atom stereocenters. The molecule has 2 heterocycles. The first-order valence-corrected chi connectivity index (χ1v) is 10.1. The van der Waals surface area contributed by atoms with Crippen molar-refractivity contribution in [3.8, 4) is 5.75 Å². The molecule has 1 aromatic heterocycles. The Morgan fingerprint density at radius 3 is 2.43 bits per heavy atom. The Morgan fingerprint density at radius 1 is 1.13 bits per heavy atom. The summed E-state index contributed by atoms with van der Waals surface area (Å²) in [7, 11) is -4.47. The normalized spacial score (nSPS) is 27.0. The van der Waals surface area contributed by atoms with E-state index in [1.807, 2.05) is 0 Å². The van der Waals surface area contributed by atoms with Crippen molar-refractivity contribution in [3.05, 3.63) is 39.7 Å². The van der Waals surface area contributed by atoms with Gasteiger partial charge in [-0.05, 0) is 24.6 Å². The summed E-state index contributed by atoms with van der Waals surface area (Å²) in [5.74, 6) is -0.952. The van der Waals surface area contributed by atoms with Crippen LogP contribution in [0.1, 0.15) is 11.1 Å². The molecule has 162 valence electrons. The third-order valence-electron chi connectivity index (χ3n) is 4.64. The van der Waals surface area contributed by atoms with E-state index in [1.165, 1.54) is 19.1 Å². The number of aryl methyl sites for hydroxylation is 1. The SMILES string of the molecule is Cc1c(O)ccc2c(CS(=O)(=O)OC3O[C@H](CO)[C@H](O)[C@H](O)[C@H]3O)cc(=O)oc12.[NaH]. The van der Waals surface area contributed by atoms with Gasteiger partial charge in [-0.15, -0.1) is 0 Å². The number of fused-ring (bicyclic) bond motifs is 1. The maximum absolute atomic E-state index is 12.5. The van der Waals surface area contributed by atoms with Gasteiger partial charge < -0.3 is 34.7 Å². The van der Waals surface area contributed by atoms with Gasteiger partial charge in [-0.2, -0.15) is 8.42 Å². The fourth-order valence-electron chi connectivity index (χ4n) is 3.05. The zero-order chi connectivity index (χ0) is 21.5. The molecule has 1 aliphatic heterocycles. The predicted molar refractivity (Wildman–Crippen MR) is 104 cm³/mol. The van der Waals surface area contributed by atoms with Gasteiger partial charge in [-0.25, -0.2) is 8.98 Å². The van der Waals surface area contributed by atoms with Crippen molar-refractivity contribution in [2.45, 2.75) is 43.4 Å². The molecular formula is C17H21NaO11S. The van der Waals surface area contributed by atoms with Crippen LogP contribution >= 0.6 is 0 Å². The van der Waals surface area contributed by atoms with Crippen molar-refractivity contribution in [1.82, 2.24) is 0 Å². The molecule has 0 aliphatic carbocycles. The standard InChI is InChI=1S/C17H20O11S.Na.H/c1-7-10(19)3-2-9-8(4-12(20)27-16(7)9)6-29(24,25)28-17-15(23)14(22)13(21)11(5-18)26-17;;/h2-4,11,13-15,17-19,21-23H,5-6H2,1H3;;/t11-,13+,14+,15-,17?;;/m1../s1. The van der Waals surface area contributed by atoms with Crippen LogP contribution in [0.2, 0.25) is 0 Å². The molecule has 5 N–H and O–H groups in total. The molecule has 1 aliphatic rings. The van der Waals surface area contributed by atoms with Gasteiger partial charge in [0.25, 0.3) is 10.1 Å². The number of aliphatic hydroxyl groups is 4. The quantitative estimate of drug-likeness (QED) is 0.187. The van der Waals surface area contributed by atoms with Crippen molar-refractivity contribution in [2.24, 2.45) is 0 Å². The van der Waals surface area contributed by atoms with Gasteiger partial charge in [0.05, 0.1) is 6.61 Å². The first kappa shape index (κ1) is 25.2. The molecule has 1 fully saturated rings. The van der Waals surface area contributed by atoms with Gasteiger partial charge in [0.1, 0.15) is 41.5 Å². The van der Waals surface area contributed by atoms with E-state index in [2.05, 4.69) is 0 Å². The van der Waals surface area contributed by atoms with E-state index >= 15 is 0 Å². The van der Waals surface area contributed by atoms with Crippen molar-refractivity contribution in [1.29, 1.82) is 0 Å². The second-order valence-electron chi connectivity index (χ2n) is 6.67. The Morgan fingerprint density at radius 2 is 1.80 bits per heavy atom. The summed E-state index contributed by atoms with van der Waals surface area (Å²) in [6.45, 7) is 0.737. The van der Waals surface area contributed by atoms with E-state index in [9.17, 15) is 33.6 Å². The number of benzene rings is 1. The number of aromatic hydroxyl groups is 1. The molecule has 0 amide bonds. The first-order valence-electron chi connectivity index (χ1n) is 8.51. The third-order valence-corrected chi connectivity index (χ3v) is 5.79. The summed E-state index contributed by atoms with van der Waals surface area (Å²) in [6, 6.07) is 3.64. The monoisotopic (exact) mass is 456 g/mol. The molecule has 0 bridgehead atoms. The van der Waals surface area contributed by atoms with E-state index < -0.39 is 58.8 Å². The van der Waals surface area contributed by atoms with Crippen LogP contribution < -0.4 is 5.63 Å². The minimum atomic E-state index is -4.47. The van der Waals surface area contributed by atoms with E-state index in [0.717, 1.165) is 6.07 Å². The molecule has 13 heteroatoms. The van der Waals surface area contributed by atoms with Crippen molar-refractivity contribution < 1.29 is 47.3 Å². The average molecular weight is 456 g/mol. The molecular weight excluding hydrogens is 435 g/mol. The van der Waals surface area contributed by atoms with E-state index in [-0.39, 0.29) is 57.4 Å². The van der Waals surface area contributed by atoms with Crippen LogP contribution in [-0.4, -0.2) is 101 Å². The van der Waals surface area contributed by atoms with Crippen molar-refractivity contribution >= 4 is 50.6 Å². The Kier molecular flexibility index (Phi) is 8.07. The van der Waals surface area contributed by atoms with Gasteiger partial charge >= 0.3 is 35.2 Å². The Hall–Kier alpha value is -1.06. The molecule has 0 spiro atoms. The second kappa shape index (κ2) is 9.61. The van der Waals surface area contributed by atoms with Crippen molar-refractivity contribution in [3.63, 3.8) is 0 Å². The van der Waals surface area contributed by atoms with Crippen LogP contribution in [0.25, 0.3) is 11.0 Å². The number of phenols is 1. The maximum atomic E-state index is 12.5. The Labute approximate surface area is 192 Å². The van der Waals surface area contributed by atoms with E-state index in [4.69, 9.17) is 18.4 Å². The summed E-state index contributed by atoms with van der Waals surface area (Å²) in [4.78, 5) is 11.8. The van der Waals surface area contributed by atoms with Crippen molar-refractivity contribution in [2.75, 3.05) is 6.61 Å². The molecule has 0 radical (unpaired) electrons. The minimum absolute atomic E-state index is 0. The van der Waals surface area contributed by atoms with E-state index in [0.29, 0.717) is 0 Å². The van der Waals surface area contributed by atoms with Crippen LogP contribution in [0.15, 0.2) is 27.4 Å². The molecule has 1 aromatic carbocycles. The molecule has 2 aromatic rings. The Bertz CT molecular complexity index is 1070. The van der Waals surface area contributed by atoms with Crippen LogP contribution in [-0.2, 0) is 24.8 Å². The predicted octanol–water partition coefficient (Wildman–Crippen LogP) is -2.20. The van der Waals surface area contributed by atoms with Crippen LogP contribution in [0.3, 0.4) is 0 Å². The zero-order valence-corrected chi connectivity index (χ0v) is 15.9. The summed E-state index contributed by atoms with van der Waals surface area (Å²) in [6.07, 6.45) is -8.61. The fourth-order valence-corrected chi connectivity index (χ4v) is 4.19. The molecule has 11 nitrogen and oxygen atoms in total. The zero-order valence-electron chi connectivity index (χ0n) is 15.1. The Balaban J connectivity index is 0.00000320. The first-order chi connectivity index (χ1) is 13.5. The van der Waals surface area contributed by atoms with Gasteiger partial charge in [-0.3, -0.25) is 0 Å². The van der Waals surface area contributed by atoms with E-state index in [1.54, 1.807) is 0 Å². The summed E-state index contributed by atoms with van der Waals surface area (Å²) < 4.78 is 39.9. The molecule has 1 saturated heterocycles. The van der Waals surface area contributed by atoms with Gasteiger partial charge in [0.15, 0.2) is 0 Å². The number of phenolic OH excluding ortho intramolecular Hbond substituents is 1. The average Bonchev–Trinajstić information content (AvgIpc) is 2.65. The van der Waals surface area contributed by atoms with Gasteiger partial charge in [-0.1, -0.05) is 0 Å². The van der Waals surface area contributed by atoms with Gasteiger partial charge in [0.2, 0.25) is 6.29 Å². The van der Waals surface area contributed by atoms with Crippen LogP contribution in [0.4, 0.5) is 0 Å². The number of hydrogen-bond acceptors (Lipinski definition) is 11. The third kappa shape index (κ3) is 5.05. The van der Waals surface area contributed by atoms with Gasteiger partial charge in [0, 0.05) is 17.0 Å². The number of aliphatic hydroxyl groups excluding tert-OH is 4. The number of hydrogen-bond donors (Lipinski definition) is 5. The molecule has 5 atom stereocenters. The summed E-state index contributed by atoms with van der Waals surface area (Å²) >= 11 is 0. The van der Waals surface area contributed by atoms with Crippen LogP contribution in [0.5, 0.6) is 5.75 Å². The fraction of sp³-hybridized carbons (Fsp3) is 0.471. The topological polar surface area (TPSA) is 184 Å².